The Morgan fingerprint density at radius 2 is 1.75 bits per heavy atom. The lowest BCUT2D eigenvalue weighted by Crippen LogP contribution is -2.32. The van der Waals surface area contributed by atoms with Gasteiger partial charge in [0.05, 0.1) is 25.1 Å². The van der Waals surface area contributed by atoms with E-state index in [0.717, 1.165) is 28.7 Å². The lowest BCUT2D eigenvalue weighted by molar-refractivity contribution is -0.121. The third kappa shape index (κ3) is 6.69. The molecule has 0 spiro atoms. The number of nitrogens with one attached hydrogen (secondary N) is 1. The SMILES string of the molecule is COc1cc(C)c(C(C)NC(=O)CCCN(c2ccc(F)cc2)S(C)(=O)=O)cc1C(C)C. The maximum atomic E-state index is 13.2. The van der Waals surface area contributed by atoms with Gasteiger partial charge < -0.3 is 10.1 Å². The van der Waals surface area contributed by atoms with Gasteiger partial charge in [0, 0.05) is 13.0 Å². The average Bonchev–Trinajstić information content (AvgIpc) is 2.70. The smallest absolute Gasteiger partial charge is 0.232 e. The van der Waals surface area contributed by atoms with Crippen LogP contribution < -0.4 is 14.4 Å². The molecular weight excluding hydrogens is 431 g/mol. The highest BCUT2D eigenvalue weighted by Gasteiger charge is 2.19. The molecule has 0 bridgehead atoms. The molecule has 0 heterocycles. The lowest BCUT2D eigenvalue weighted by atomic mass is 9.93. The van der Waals surface area contributed by atoms with Crippen LogP contribution in [0.5, 0.6) is 5.75 Å². The Labute approximate surface area is 190 Å². The molecule has 0 aromatic heterocycles. The molecule has 1 N–H and O–H groups in total. The molecule has 0 saturated heterocycles. The van der Waals surface area contributed by atoms with Crippen molar-refractivity contribution in [2.75, 3.05) is 24.2 Å². The molecule has 2 aromatic carbocycles. The number of hydrogen-bond donors (Lipinski definition) is 1. The zero-order chi connectivity index (χ0) is 24.1. The second kappa shape index (κ2) is 10.8. The molecule has 1 unspecified atom stereocenters. The fraction of sp³-hybridized carbons (Fsp3) is 0.458. The van der Waals surface area contributed by atoms with E-state index >= 15 is 0 Å². The predicted octanol–water partition coefficient (Wildman–Crippen LogP) is 4.69. The normalized spacial score (nSPS) is 12.5. The van der Waals surface area contributed by atoms with E-state index in [0.29, 0.717) is 12.1 Å². The Morgan fingerprint density at radius 3 is 2.28 bits per heavy atom. The monoisotopic (exact) mass is 464 g/mol. The first-order chi connectivity index (χ1) is 14.9. The topological polar surface area (TPSA) is 75.7 Å². The highest BCUT2D eigenvalue weighted by Crippen LogP contribution is 2.32. The van der Waals surface area contributed by atoms with Crippen LogP contribution in [0.4, 0.5) is 10.1 Å². The van der Waals surface area contributed by atoms with Crippen molar-refractivity contribution in [2.24, 2.45) is 0 Å². The molecule has 0 radical (unpaired) electrons. The fourth-order valence-corrected chi connectivity index (χ4v) is 4.64. The second-order valence-electron chi connectivity index (χ2n) is 8.31. The molecule has 2 aromatic rings. The summed E-state index contributed by atoms with van der Waals surface area (Å²) >= 11 is 0. The van der Waals surface area contributed by atoms with E-state index in [9.17, 15) is 17.6 Å². The van der Waals surface area contributed by atoms with Crippen LogP contribution in [0.2, 0.25) is 0 Å². The minimum atomic E-state index is -3.55. The van der Waals surface area contributed by atoms with Crippen LogP contribution in [0, 0.1) is 12.7 Å². The van der Waals surface area contributed by atoms with Gasteiger partial charge in [0.15, 0.2) is 0 Å². The van der Waals surface area contributed by atoms with E-state index in [1.165, 1.54) is 28.6 Å². The summed E-state index contributed by atoms with van der Waals surface area (Å²) in [7, 11) is -1.90. The summed E-state index contributed by atoms with van der Waals surface area (Å²) in [5.74, 6) is 0.512. The molecule has 0 saturated carbocycles. The van der Waals surface area contributed by atoms with Crippen molar-refractivity contribution in [2.45, 2.75) is 52.5 Å². The molecule has 8 heteroatoms. The maximum Gasteiger partial charge on any atom is 0.232 e. The number of halogens is 1. The van der Waals surface area contributed by atoms with E-state index < -0.39 is 15.8 Å². The number of aryl methyl sites for hydroxylation is 1. The summed E-state index contributed by atoms with van der Waals surface area (Å²) in [6.45, 7) is 8.23. The minimum Gasteiger partial charge on any atom is -0.496 e. The number of anilines is 1. The molecule has 0 aliphatic heterocycles. The second-order valence-corrected chi connectivity index (χ2v) is 10.2. The van der Waals surface area contributed by atoms with Gasteiger partial charge in [0.1, 0.15) is 11.6 Å². The van der Waals surface area contributed by atoms with Gasteiger partial charge in [-0.05, 0) is 79.3 Å². The third-order valence-electron chi connectivity index (χ3n) is 5.36. The number of sulfonamides is 1. The van der Waals surface area contributed by atoms with Crippen molar-refractivity contribution in [3.05, 3.63) is 58.9 Å². The Morgan fingerprint density at radius 1 is 1.12 bits per heavy atom. The fourth-order valence-electron chi connectivity index (χ4n) is 3.68. The number of amides is 1. The quantitative estimate of drug-likeness (QED) is 0.554. The number of nitrogens with zero attached hydrogens (tertiary/aromatic N) is 1. The predicted molar refractivity (Wildman–Crippen MR) is 126 cm³/mol. The number of benzene rings is 2. The molecule has 0 aliphatic rings. The molecule has 6 nitrogen and oxygen atoms in total. The minimum absolute atomic E-state index is 0.130. The van der Waals surface area contributed by atoms with Crippen LogP contribution in [0.25, 0.3) is 0 Å². The zero-order valence-electron chi connectivity index (χ0n) is 19.6. The van der Waals surface area contributed by atoms with Crippen molar-refractivity contribution in [1.29, 1.82) is 0 Å². The van der Waals surface area contributed by atoms with Crippen LogP contribution in [0.1, 0.15) is 62.3 Å². The maximum absolute atomic E-state index is 13.2. The third-order valence-corrected chi connectivity index (χ3v) is 6.56. The van der Waals surface area contributed by atoms with Crippen LogP contribution >= 0.6 is 0 Å². The van der Waals surface area contributed by atoms with E-state index in [1.807, 2.05) is 19.9 Å². The first-order valence-electron chi connectivity index (χ1n) is 10.6. The van der Waals surface area contributed by atoms with Crippen molar-refractivity contribution >= 4 is 21.6 Å². The van der Waals surface area contributed by atoms with Gasteiger partial charge in [-0.25, -0.2) is 12.8 Å². The van der Waals surface area contributed by atoms with Gasteiger partial charge in [-0.2, -0.15) is 0 Å². The summed E-state index contributed by atoms with van der Waals surface area (Å²) < 4.78 is 44.2. The van der Waals surface area contributed by atoms with Crippen molar-refractivity contribution in [3.8, 4) is 5.75 Å². The van der Waals surface area contributed by atoms with Gasteiger partial charge >= 0.3 is 0 Å². The molecule has 0 aliphatic carbocycles. The highest BCUT2D eigenvalue weighted by molar-refractivity contribution is 7.92. The van der Waals surface area contributed by atoms with E-state index in [1.54, 1.807) is 7.11 Å². The molecule has 1 amide bonds. The van der Waals surface area contributed by atoms with Gasteiger partial charge in [-0.15, -0.1) is 0 Å². The Hall–Kier alpha value is -2.61. The molecule has 0 fully saturated rings. The Balaban J connectivity index is 2.03. The summed E-state index contributed by atoms with van der Waals surface area (Å²) in [5.41, 5.74) is 3.50. The molecule has 32 heavy (non-hydrogen) atoms. The van der Waals surface area contributed by atoms with E-state index in [4.69, 9.17) is 4.74 Å². The van der Waals surface area contributed by atoms with Crippen LogP contribution in [-0.2, 0) is 14.8 Å². The molecule has 176 valence electrons. The van der Waals surface area contributed by atoms with Crippen LogP contribution in [0.15, 0.2) is 36.4 Å². The summed E-state index contributed by atoms with van der Waals surface area (Å²) in [4.78, 5) is 12.5. The molecule has 2 rings (SSSR count). The summed E-state index contributed by atoms with van der Waals surface area (Å²) in [6.07, 6.45) is 1.60. The number of ether oxygens (including phenoxy) is 1. The van der Waals surface area contributed by atoms with Crippen molar-refractivity contribution < 1.29 is 22.3 Å². The van der Waals surface area contributed by atoms with Gasteiger partial charge in [-0.3, -0.25) is 9.10 Å². The van der Waals surface area contributed by atoms with Crippen LogP contribution in [0.3, 0.4) is 0 Å². The number of methoxy groups -OCH3 is 1. The number of hydrogen-bond acceptors (Lipinski definition) is 4. The number of rotatable bonds is 10. The lowest BCUT2D eigenvalue weighted by Gasteiger charge is -2.23. The average molecular weight is 465 g/mol. The largest absolute Gasteiger partial charge is 0.496 e. The standard InChI is InChI=1S/C24H33FN2O4S/c1-16(2)21-15-22(17(3)14-23(21)31-5)18(4)26-24(28)8-7-13-27(32(6,29)30)20-11-9-19(25)10-12-20/h9-12,14-16,18H,7-8,13H2,1-6H3,(H,26,28). The van der Waals surface area contributed by atoms with Crippen LogP contribution in [-0.4, -0.2) is 34.2 Å². The van der Waals surface area contributed by atoms with E-state index in [2.05, 4.69) is 25.2 Å². The first-order valence-corrected chi connectivity index (χ1v) is 12.5. The summed E-state index contributed by atoms with van der Waals surface area (Å²) in [6, 6.07) is 9.11. The van der Waals surface area contributed by atoms with E-state index in [-0.39, 0.29) is 30.8 Å². The van der Waals surface area contributed by atoms with Crippen molar-refractivity contribution in [3.63, 3.8) is 0 Å². The van der Waals surface area contributed by atoms with Crippen molar-refractivity contribution in [1.82, 2.24) is 5.32 Å². The first kappa shape index (κ1) is 25.6. The highest BCUT2D eigenvalue weighted by atomic mass is 32.2. The Bertz CT molecular complexity index is 1040. The van der Waals surface area contributed by atoms with Gasteiger partial charge in [-0.1, -0.05) is 13.8 Å². The van der Waals surface area contributed by atoms with Gasteiger partial charge in [0.25, 0.3) is 0 Å². The van der Waals surface area contributed by atoms with Gasteiger partial charge in [0.2, 0.25) is 15.9 Å². The zero-order valence-corrected chi connectivity index (χ0v) is 20.4. The Kier molecular flexibility index (Phi) is 8.66. The molecule has 1 atom stereocenters. The molecular formula is C24H33FN2O4S. The number of carbonyl (C=O) groups is 1. The number of carbonyl (C=O) groups excluding carboxylic acids is 1. The summed E-state index contributed by atoms with van der Waals surface area (Å²) in [5, 5.41) is 3.00.